The molecule has 0 unspecified atom stereocenters. The van der Waals surface area contributed by atoms with Gasteiger partial charge in [0.1, 0.15) is 12.5 Å². The third-order valence-electron chi connectivity index (χ3n) is 1.62. The van der Waals surface area contributed by atoms with Gasteiger partial charge in [-0.15, -0.1) is 0 Å². The van der Waals surface area contributed by atoms with E-state index in [1.54, 1.807) is 0 Å². The minimum Gasteiger partial charge on any atom is -0.478 e. The van der Waals surface area contributed by atoms with Crippen LogP contribution in [0.25, 0.3) is 0 Å². The zero-order chi connectivity index (χ0) is 9.84. The van der Waals surface area contributed by atoms with Crippen molar-refractivity contribution in [1.29, 1.82) is 0 Å². The monoisotopic (exact) mass is 199 g/mol. The van der Waals surface area contributed by atoms with E-state index in [4.69, 9.17) is 16.3 Å². The van der Waals surface area contributed by atoms with Crippen molar-refractivity contribution in [3.05, 3.63) is 28.8 Å². The van der Waals surface area contributed by atoms with E-state index in [2.05, 4.69) is 0 Å². The lowest BCUT2D eigenvalue weighted by molar-refractivity contribution is 0.179. The first-order chi connectivity index (χ1) is 6.09. The molecule has 13 heavy (non-hydrogen) atoms. The zero-order valence-electron chi connectivity index (χ0n) is 8.17. The Bertz CT molecular complexity index is 286. The number of halogens is 1. The van der Waals surface area contributed by atoms with Crippen LogP contribution in [-0.2, 0) is 0 Å². The number of benzene rings is 1. The highest BCUT2D eigenvalue weighted by Crippen LogP contribution is 2.20. The van der Waals surface area contributed by atoms with E-state index < -0.39 is 0 Å². The van der Waals surface area contributed by atoms with Crippen LogP contribution in [0.1, 0.15) is 5.56 Å². The van der Waals surface area contributed by atoms with E-state index >= 15 is 0 Å². The molecule has 0 amide bonds. The lowest BCUT2D eigenvalue weighted by Gasteiger charge is -2.12. The van der Waals surface area contributed by atoms with Crippen LogP contribution in [0.15, 0.2) is 18.2 Å². The molecule has 1 rings (SSSR count). The molecule has 0 saturated heterocycles. The fraction of sp³-hybridized carbons (Fsp3) is 0.400. The Morgan fingerprint density at radius 3 is 2.62 bits per heavy atom. The van der Waals surface area contributed by atoms with E-state index in [1.165, 1.54) is 0 Å². The van der Waals surface area contributed by atoms with Crippen LogP contribution in [-0.4, -0.2) is 25.7 Å². The van der Waals surface area contributed by atoms with E-state index in [9.17, 15) is 0 Å². The Hall–Kier alpha value is -0.730. The number of rotatable bonds is 3. The summed E-state index contributed by atoms with van der Waals surface area (Å²) in [6.07, 6.45) is 0. The summed E-state index contributed by atoms with van der Waals surface area (Å²) < 4.78 is 5.47. The van der Waals surface area contributed by atoms with Gasteiger partial charge in [0.15, 0.2) is 0 Å². The third kappa shape index (κ3) is 3.25. The molecule has 0 heterocycles. The van der Waals surface area contributed by atoms with Gasteiger partial charge in [0.05, 0.1) is 0 Å². The fourth-order valence-electron chi connectivity index (χ4n) is 0.911. The van der Waals surface area contributed by atoms with Gasteiger partial charge in [-0.05, 0) is 44.8 Å². The lowest BCUT2D eigenvalue weighted by atomic mass is 10.2. The maximum absolute atomic E-state index is 5.88. The second-order valence-electron chi connectivity index (χ2n) is 3.26. The summed E-state index contributed by atoms with van der Waals surface area (Å²) in [5, 5.41) is 0.775. The van der Waals surface area contributed by atoms with Crippen molar-refractivity contribution in [2.75, 3.05) is 20.8 Å². The average Bonchev–Trinajstić information content (AvgIpc) is 2.07. The molecule has 0 aliphatic rings. The van der Waals surface area contributed by atoms with Gasteiger partial charge in [0, 0.05) is 5.02 Å². The summed E-state index contributed by atoms with van der Waals surface area (Å²) in [4.78, 5) is 1.96. The first kappa shape index (κ1) is 10.4. The first-order valence-electron chi connectivity index (χ1n) is 4.13. The van der Waals surface area contributed by atoms with Gasteiger partial charge in [0.25, 0.3) is 0 Å². The number of hydrogen-bond donors (Lipinski definition) is 0. The van der Waals surface area contributed by atoms with Gasteiger partial charge in [-0.25, -0.2) is 0 Å². The van der Waals surface area contributed by atoms with Crippen molar-refractivity contribution in [2.45, 2.75) is 6.92 Å². The summed E-state index contributed by atoms with van der Waals surface area (Å²) in [6.45, 7) is 2.55. The van der Waals surface area contributed by atoms with Gasteiger partial charge in [0.2, 0.25) is 0 Å². The topological polar surface area (TPSA) is 12.5 Å². The Kier molecular flexibility index (Phi) is 3.58. The molecule has 1 aromatic rings. The van der Waals surface area contributed by atoms with E-state index in [0.717, 1.165) is 16.3 Å². The maximum atomic E-state index is 5.88. The minimum absolute atomic E-state index is 0.584. The van der Waals surface area contributed by atoms with Crippen molar-refractivity contribution in [2.24, 2.45) is 0 Å². The summed E-state index contributed by atoms with van der Waals surface area (Å²) in [5.41, 5.74) is 1.04. The SMILES string of the molecule is Cc1cc(OCN(C)C)ccc1Cl. The minimum atomic E-state index is 0.584. The fourth-order valence-corrected chi connectivity index (χ4v) is 1.03. The highest BCUT2D eigenvalue weighted by Gasteiger charge is 1.98. The lowest BCUT2D eigenvalue weighted by Crippen LogP contribution is -2.18. The van der Waals surface area contributed by atoms with Crippen molar-refractivity contribution >= 4 is 11.6 Å². The van der Waals surface area contributed by atoms with E-state index in [0.29, 0.717) is 6.73 Å². The molecule has 0 atom stereocenters. The highest BCUT2D eigenvalue weighted by molar-refractivity contribution is 6.31. The van der Waals surface area contributed by atoms with Gasteiger partial charge >= 0.3 is 0 Å². The van der Waals surface area contributed by atoms with Gasteiger partial charge in [-0.2, -0.15) is 0 Å². The molecule has 0 aromatic heterocycles. The van der Waals surface area contributed by atoms with Crippen LogP contribution in [0.2, 0.25) is 5.02 Å². The Balaban J connectivity index is 2.63. The number of ether oxygens (including phenoxy) is 1. The molecule has 0 saturated carbocycles. The van der Waals surface area contributed by atoms with Crippen LogP contribution in [0, 0.1) is 6.92 Å². The largest absolute Gasteiger partial charge is 0.478 e. The summed E-state index contributed by atoms with van der Waals surface area (Å²) in [7, 11) is 3.92. The normalized spacial score (nSPS) is 10.5. The molecular weight excluding hydrogens is 186 g/mol. The van der Waals surface area contributed by atoms with Crippen molar-refractivity contribution in [3.8, 4) is 5.75 Å². The summed E-state index contributed by atoms with van der Waals surface area (Å²) in [5.74, 6) is 0.857. The van der Waals surface area contributed by atoms with Gasteiger partial charge in [-0.1, -0.05) is 11.6 Å². The Morgan fingerprint density at radius 1 is 1.38 bits per heavy atom. The predicted octanol–water partition coefficient (Wildman–Crippen LogP) is 2.55. The van der Waals surface area contributed by atoms with Crippen molar-refractivity contribution < 1.29 is 4.74 Å². The number of aryl methyl sites for hydroxylation is 1. The number of nitrogens with zero attached hydrogens (tertiary/aromatic N) is 1. The molecule has 3 heteroatoms. The Labute approximate surface area is 84.1 Å². The van der Waals surface area contributed by atoms with E-state index in [-0.39, 0.29) is 0 Å². The zero-order valence-corrected chi connectivity index (χ0v) is 8.93. The van der Waals surface area contributed by atoms with Crippen LogP contribution in [0.3, 0.4) is 0 Å². The standard InChI is InChI=1S/C10H14ClNO/c1-8-6-9(4-5-10(8)11)13-7-12(2)3/h4-6H,7H2,1-3H3. The molecule has 0 aliphatic heterocycles. The molecule has 0 aliphatic carbocycles. The summed E-state index contributed by atoms with van der Waals surface area (Å²) >= 11 is 5.88. The second kappa shape index (κ2) is 4.49. The molecule has 2 nitrogen and oxygen atoms in total. The molecule has 0 radical (unpaired) electrons. The molecule has 72 valence electrons. The van der Waals surface area contributed by atoms with Crippen LogP contribution in [0.4, 0.5) is 0 Å². The van der Waals surface area contributed by atoms with Crippen molar-refractivity contribution in [1.82, 2.24) is 4.90 Å². The van der Waals surface area contributed by atoms with E-state index in [1.807, 2.05) is 44.1 Å². The quantitative estimate of drug-likeness (QED) is 0.694. The highest BCUT2D eigenvalue weighted by atomic mass is 35.5. The predicted molar refractivity (Wildman–Crippen MR) is 55.4 cm³/mol. The van der Waals surface area contributed by atoms with Gasteiger partial charge in [-0.3, -0.25) is 4.90 Å². The van der Waals surface area contributed by atoms with Crippen molar-refractivity contribution in [3.63, 3.8) is 0 Å². The van der Waals surface area contributed by atoms with Crippen LogP contribution >= 0.6 is 11.6 Å². The molecule has 0 spiro atoms. The molecule has 1 aromatic carbocycles. The summed E-state index contributed by atoms with van der Waals surface area (Å²) in [6, 6.07) is 5.66. The van der Waals surface area contributed by atoms with Crippen LogP contribution < -0.4 is 4.74 Å². The first-order valence-corrected chi connectivity index (χ1v) is 4.51. The Morgan fingerprint density at radius 2 is 2.08 bits per heavy atom. The number of hydrogen-bond acceptors (Lipinski definition) is 2. The molecule has 0 fully saturated rings. The average molecular weight is 200 g/mol. The molecular formula is C10H14ClNO. The molecule has 0 bridgehead atoms. The smallest absolute Gasteiger partial charge is 0.141 e. The second-order valence-corrected chi connectivity index (χ2v) is 3.67. The van der Waals surface area contributed by atoms with Crippen LogP contribution in [0.5, 0.6) is 5.75 Å². The molecule has 0 N–H and O–H groups in total. The third-order valence-corrected chi connectivity index (χ3v) is 2.04. The van der Waals surface area contributed by atoms with Gasteiger partial charge < -0.3 is 4.74 Å². The maximum Gasteiger partial charge on any atom is 0.141 e.